The molecule has 0 aromatic carbocycles. The Morgan fingerprint density at radius 1 is 1.12 bits per heavy atom. The number of nitrogens with one attached hydrogen (secondary N) is 2. The Hall–Kier alpha value is -0.850. The molecule has 2 rings (SSSR count). The molecule has 2 heterocycles. The summed E-state index contributed by atoms with van der Waals surface area (Å²) < 4.78 is 5.51. The van der Waals surface area contributed by atoms with Crippen molar-refractivity contribution in [2.45, 2.75) is 59.0 Å². The molecule has 26 heavy (non-hydrogen) atoms. The molecule has 2 aliphatic heterocycles. The van der Waals surface area contributed by atoms with Gasteiger partial charge in [-0.25, -0.2) is 0 Å². The van der Waals surface area contributed by atoms with Crippen molar-refractivity contribution in [3.8, 4) is 0 Å². The van der Waals surface area contributed by atoms with Crippen molar-refractivity contribution in [2.75, 3.05) is 59.0 Å². The van der Waals surface area contributed by atoms with Crippen LogP contribution in [0.5, 0.6) is 0 Å². The van der Waals surface area contributed by atoms with Crippen LogP contribution in [-0.4, -0.2) is 86.9 Å². The number of guanidine groups is 1. The number of piperidine rings is 1. The molecule has 6 nitrogen and oxygen atoms in total. The van der Waals surface area contributed by atoms with Gasteiger partial charge < -0.3 is 15.4 Å². The molecule has 0 bridgehead atoms. The van der Waals surface area contributed by atoms with Crippen molar-refractivity contribution in [1.82, 2.24) is 20.4 Å². The number of aliphatic imine (C=N–C) groups is 1. The van der Waals surface area contributed by atoms with Gasteiger partial charge >= 0.3 is 0 Å². The number of ether oxygens (including phenoxy) is 1. The second-order valence-corrected chi connectivity index (χ2v) is 7.84. The van der Waals surface area contributed by atoms with Crippen molar-refractivity contribution in [1.29, 1.82) is 0 Å². The fraction of sp³-hybridized carbons (Fsp3) is 0.950. The minimum atomic E-state index is 0.483. The zero-order valence-corrected chi connectivity index (χ0v) is 17.5. The third kappa shape index (κ3) is 6.71. The quantitative estimate of drug-likeness (QED) is 0.506. The Bertz CT molecular complexity index is 409. The van der Waals surface area contributed by atoms with E-state index in [1.165, 1.54) is 25.8 Å². The van der Waals surface area contributed by atoms with Gasteiger partial charge in [0.25, 0.3) is 0 Å². The van der Waals surface area contributed by atoms with Crippen molar-refractivity contribution in [3.05, 3.63) is 0 Å². The van der Waals surface area contributed by atoms with Crippen LogP contribution in [0.4, 0.5) is 0 Å². The van der Waals surface area contributed by atoms with E-state index in [0.29, 0.717) is 18.0 Å². The van der Waals surface area contributed by atoms with Crippen LogP contribution in [0, 0.1) is 5.92 Å². The number of hydrogen-bond acceptors (Lipinski definition) is 4. The van der Waals surface area contributed by atoms with Gasteiger partial charge in [-0.2, -0.15) is 0 Å². The van der Waals surface area contributed by atoms with E-state index in [4.69, 9.17) is 9.73 Å². The average Bonchev–Trinajstić information content (AvgIpc) is 2.67. The van der Waals surface area contributed by atoms with E-state index in [-0.39, 0.29) is 0 Å². The van der Waals surface area contributed by atoms with Crippen molar-refractivity contribution < 1.29 is 4.74 Å². The molecular weight excluding hydrogens is 326 g/mol. The maximum absolute atomic E-state index is 5.51. The van der Waals surface area contributed by atoms with E-state index in [2.05, 4.69) is 48.1 Å². The molecule has 0 spiro atoms. The van der Waals surface area contributed by atoms with Gasteiger partial charge in [0.1, 0.15) is 0 Å². The van der Waals surface area contributed by atoms with Gasteiger partial charge in [0.15, 0.2) is 5.96 Å². The molecule has 2 fully saturated rings. The molecule has 0 aromatic rings. The summed E-state index contributed by atoms with van der Waals surface area (Å²) in [4.78, 5) is 10.1. The third-order valence-electron chi connectivity index (χ3n) is 5.73. The van der Waals surface area contributed by atoms with E-state index >= 15 is 0 Å². The fourth-order valence-electron chi connectivity index (χ4n) is 4.11. The first kappa shape index (κ1) is 21.5. The van der Waals surface area contributed by atoms with E-state index in [1.807, 2.05) is 0 Å². The Morgan fingerprint density at radius 3 is 2.54 bits per heavy atom. The number of likely N-dealkylation sites (tertiary alicyclic amines) is 1. The zero-order chi connectivity index (χ0) is 18.8. The molecule has 6 heteroatoms. The summed E-state index contributed by atoms with van der Waals surface area (Å²) in [5, 5.41) is 7.04. The van der Waals surface area contributed by atoms with Crippen LogP contribution in [0.2, 0.25) is 0 Å². The number of likely N-dealkylation sites (N-methyl/N-ethyl adjacent to an activating group) is 1. The van der Waals surface area contributed by atoms with Gasteiger partial charge in [-0.1, -0.05) is 27.2 Å². The highest BCUT2D eigenvalue weighted by Gasteiger charge is 2.24. The SMILES string of the molecule is CCNC(=NCC(C(C)C)N1CCOCC1)NCC1CCCCN1CC. The van der Waals surface area contributed by atoms with Gasteiger partial charge in [-0.3, -0.25) is 14.8 Å². The topological polar surface area (TPSA) is 52.1 Å². The predicted octanol–water partition coefficient (Wildman–Crippen LogP) is 1.77. The maximum Gasteiger partial charge on any atom is 0.191 e. The zero-order valence-electron chi connectivity index (χ0n) is 17.5. The van der Waals surface area contributed by atoms with Gasteiger partial charge in [0, 0.05) is 38.3 Å². The Balaban J connectivity index is 1.91. The Morgan fingerprint density at radius 2 is 1.88 bits per heavy atom. The van der Waals surface area contributed by atoms with Crippen LogP contribution in [0.25, 0.3) is 0 Å². The smallest absolute Gasteiger partial charge is 0.191 e. The molecule has 0 saturated carbocycles. The minimum Gasteiger partial charge on any atom is -0.379 e. The number of morpholine rings is 1. The average molecular weight is 368 g/mol. The summed E-state index contributed by atoms with van der Waals surface area (Å²) in [6.07, 6.45) is 3.99. The Kier molecular flexibility index (Phi) is 9.72. The van der Waals surface area contributed by atoms with Gasteiger partial charge in [-0.15, -0.1) is 0 Å². The van der Waals surface area contributed by atoms with Crippen LogP contribution in [0.1, 0.15) is 47.0 Å². The minimum absolute atomic E-state index is 0.483. The molecule has 0 amide bonds. The highest BCUT2D eigenvalue weighted by atomic mass is 16.5. The lowest BCUT2D eigenvalue weighted by atomic mass is 10.0. The summed E-state index contributed by atoms with van der Waals surface area (Å²) in [6.45, 7) is 17.9. The summed E-state index contributed by atoms with van der Waals surface area (Å²) in [6, 6.07) is 1.12. The number of nitrogens with zero attached hydrogens (tertiary/aromatic N) is 3. The highest BCUT2D eigenvalue weighted by Crippen LogP contribution is 2.16. The molecule has 0 aliphatic carbocycles. The van der Waals surface area contributed by atoms with Crippen molar-refractivity contribution in [2.24, 2.45) is 10.9 Å². The summed E-state index contributed by atoms with van der Waals surface area (Å²) >= 11 is 0. The lowest BCUT2D eigenvalue weighted by molar-refractivity contribution is 0.00867. The first-order valence-electron chi connectivity index (χ1n) is 10.7. The summed E-state index contributed by atoms with van der Waals surface area (Å²) in [7, 11) is 0. The standard InChI is InChI=1S/C20H41N5O/c1-5-21-20(22-15-18-9-7-8-10-24(18)6-2)23-16-19(17(3)4)25-11-13-26-14-12-25/h17-19H,5-16H2,1-4H3,(H2,21,22,23). The largest absolute Gasteiger partial charge is 0.379 e. The summed E-state index contributed by atoms with van der Waals surface area (Å²) in [5.41, 5.74) is 0. The van der Waals surface area contributed by atoms with Crippen LogP contribution < -0.4 is 10.6 Å². The highest BCUT2D eigenvalue weighted by molar-refractivity contribution is 5.79. The lowest BCUT2D eigenvalue weighted by Crippen LogP contribution is -2.50. The summed E-state index contributed by atoms with van der Waals surface area (Å²) in [5.74, 6) is 1.56. The van der Waals surface area contributed by atoms with E-state index in [0.717, 1.165) is 58.4 Å². The van der Waals surface area contributed by atoms with Crippen LogP contribution >= 0.6 is 0 Å². The van der Waals surface area contributed by atoms with Gasteiger partial charge in [0.2, 0.25) is 0 Å². The predicted molar refractivity (Wildman–Crippen MR) is 110 cm³/mol. The number of rotatable bonds is 8. The van der Waals surface area contributed by atoms with Crippen LogP contribution in [0.15, 0.2) is 4.99 Å². The fourth-order valence-corrected chi connectivity index (χ4v) is 4.11. The van der Waals surface area contributed by atoms with Crippen LogP contribution in [-0.2, 0) is 4.74 Å². The van der Waals surface area contributed by atoms with Gasteiger partial charge in [0.05, 0.1) is 19.8 Å². The lowest BCUT2D eigenvalue weighted by Gasteiger charge is -2.36. The maximum atomic E-state index is 5.51. The van der Waals surface area contributed by atoms with Crippen molar-refractivity contribution >= 4 is 5.96 Å². The second-order valence-electron chi connectivity index (χ2n) is 7.84. The van der Waals surface area contributed by atoms with Crippen LogP contribution in [0.3, 0.4) is 0 Å². The molecule has 2 saturated heterocycles. The van der Waals surface area contributed by atoms with Gasteiger partial charge in [-0.05, 0) is 38.8 Å². The molecule has 0 radical (unpaired) electrons. The van der Waals surface area contributed by atoms with E-state index in [9.17, 15) is 0 Å². The first-order chi connectivity index (χ1) is 12.7. The molecule has 2 atom stereocenters. The van der Waals surface area contributed by atoms with E-state index in [1.54, 1.807) is 0 Å². The molecule has 2 N–H and O–H groups in total. The molecule has 2 unspecified atom stereocenters. The molecular formula is C20H41N5O. The molecule has 2 aliphatic rings. The molecule has 152 valence electrons. The Labute approximate surface area is 160 Å². The first-order valence-corrected chi connectivity index (χ1v) is 10.7. The molecule has 0 aromatic heterocycles. The third-order valence-corrected chi connectivity index (χ3v) is 5.73. The monoisotopic (exact) mass is 367 g/mol. The number of hydrogen-bond donors (Lipinski definition) is 2. The normalized spacial score (nSPS) is 24.7. The second kappa shape index (κ2) is 11.8. The van der Waals surface area contributed by atoms with Crippen molar-refractivity contribution in [3.63, 3.8) is 0 Å². The van der Waals surface area contributed by atoms with E-state index < -0.39 is 0 Å².